The zero-order chi connectivity index (χ0) is 14.5. The maximum absolute atomic E-state index is 10.9. The molecule has 5 nitrogen and oxygen atoms in total. The number of primary amides is 1. The van der Waals surface area contributed by atoms with Gasteiger partial charge in [0, 0.05) is 13.1 Å². The van der Waals surface area contributed by atoms with Gasteiger partial charge in [-0.1, -0.05) is 6.07 Å². The summed E-state index contributed by atoms with van der Waals surface area (Å²) in [6, 6.07) is 6.13. The number of hydrogen-bond donors (Lipinski definition) is 1. The van der Waals surface area contributed by atoms with Crippen LogP contribution in [-0.2, 0) is 9.53 Å². The molecule has 0 saturated carbocycles. The van der Waals surface area contributed by atoms with Gasteiger partial charge in [0.15, 0.2) is 0 Å². The van der Waals surface area contributed by atoms with E-state index in [1.807, 2.05) is 30.9 Å². The molecule has 0 bridgehead atoms. The van der Waals surface area contributed by atoms with E-state index in [1.54, 1.807) is 0 Å². The smallest absolute Gasteiger partial charge is 0.231 e. The number of ether oxygens (including phenoxy) is 2. The minimum absolute atomic E-state index is 0.0241. The molecule has 1 fully saturated rings. The molecule has 1 atom stereocenters. The van der Waals surface area contributed by atoms with Crippen LogP contribution in [0.4, 0.5) is 0 Å². The second kappa shape index (κ2) is 6.72. The molecule has 1 amide bonds. The molecule has 1 aromatic carbocycles. The predicted molar refractivity (Wildman–Crippen MR) is 76.8 cm³/mol. The molecule has 1 aromatic rings. The fourth-order valence-corrected chi connectivity index (χ4v) is 2.45. The summed E-state index contributed by atoms with van der Waals surface area (Å²) in [7, 11) is 0. The van der Waals surface area contributed by atoms with Crippen LogP contribution in [0, 0.1) is 13.8 Å². The molecule has 110 valence electrons. The molecule has 0 spiro atoms. The van der Waals surface area contributed by atoms with Crippen molar-refractivity contribution in [2.45, 2.75) is 20.0 Å². The molecule has 1 saturated heterocycles. The largest absolute Gasteiger partial charge is 0.491 e. The Bertz CT molecular complexity index is 456. The molecule has 1 heterocycles. The minimum atomic E-state index is -0.305. The standard InChI is InChI=1S/C15H22N2O3/c1-11-5-12(2)7-13(6-11)20-10-14-8-17(3-4-19-14)9-15(16)18/h5-7,14H,3-4,8-10H2,1-2H3,(H2,16,18)/t14-/m1/s1. The molecule has 0 radical (unpaired) electrons. The highest BCUT2D eigenvalue weighted by atomic mass is 16.5. The summed E-state index contributed by atoms with van der Waals surface area (Å²) in [5.41, 5.74) is 7.58. The van der Waals surface area contributed by atoms with Gasteiger partial charge in [-0.3, -0.25) is 9.69 Å². The third-order valence-corrected chi connectivity index (χ3v) is 3.23. The number of rotatable bonds is 5. The second-order valence-corrected chi connectivity index (χ2v) is 5.33. The van der Waals surface area contributed by atoms with Gasteiger partial charge in [-0.15, -0.1) is 0 Å². The summed E-state index contributed by atoms with van der Waals surface area (Å²) in [5, 5.41) is 0. The molecule has 1 aliphatic heterocycles. The fraction of sp³-hybridized carbons (Fsp3) is 0.533. The van der Waals surface area contributed by atoms with Crippen LogP contribution in [-0.4, -0.2) is 49.8 Å². The summed E-state index contributed by atoms with van der Waals surface area (Å²) in [6.07, 6.45) is -0.0241. The average molecular weight is 278 g/mol. The first-order valence-corrected chi connectivity index (χ1v) is 6.86. The van der Waals surface area contributed by atoms with Crippen molar-refractivity contribution in [1.82, 2.24) is 4.90 Å². The van der Waals surface area contributed by atoms with Crippen LogP contribution >= 0.6 is 0 Å². The zero-order valence-corrected chi connectivity index (χ0v) is 12.1. The van der Waals surface area contributed by atoms with E-state index in [4.69, 9.17) is 15.2 Å². The highest BCUT2D eigenvalue weighted by molar-refractivity contribution is 5.75. The minimum Gasteiger partial charge on any atom is -0.491 e. The van der Waals surface area contributed by atoms with Gasteiger partial charge in [-0.2, -0.15) is 0 Å². The van der Waals surface area contributed by atoms with Crippen molar-refractivity contribution in [3.05, 3.63) is 29.3 Å². The Morgan fingerprint density at radius 1 is 1.40 bits per heavy atom. The van der Waals surface area contributed by atoms with Crippen LogP contribution in [0.5, 0.6) is 5.75 Å². The van der Waals surface area contributed by atoms with Gasteiger partial charge in [0.25, 0.3) is 0 Å². The maximum atomic E-state index is 10.9. The molecule has 2 N–H and O–H groups in total. The Morgan fingerprint density at radius 2 is 2.10 bits per heavy atom. The number of nitrogens with two attached hydrogens (primary N) is 1. The fourth-order valence-electron chi connectivity index (χ4n) is 2.45. The molecule has 0 aliphatic carbocycles. The van der Waals surface area contributed by atoms with Gasteiger partial charge in [-0.25, -0.2) is 0 Å². The summed E-state index contributed by atoms with van der Waals surface area (Å²) in [6.45, 7) is 6.88. The molecule has 1 aliphatic rings. The lowest BCUT2D eigenvalue weighted by Gasteiger charge is -2.31. The van der Waals surface area contributed by atoms with E-state index in [0.717, 1.165) is 12.3 Å². The Balaban J connectivity index is 1.85. The van der Waals surface area contributed by atoms with E-state index in [1.165, 1.54) is 11.1 Å². The molecule has 0 aromatic heterocycles. The van der Waals surface area contributed by atoms with Crippen LogP contribution in [0.1, 0.15) is 11.1 Å². The van der Waals surface area contributed by atoms with Gasteiger partial charge >= 0.3 is 0 Å². The first kappa shape index (κ1) is 14.8. The van der Waals surface area contributed by atoms with Gasteiger partial charge in [0.1, 0.15) is 18.5 Å². The highest BCUT2D eigenvalue weighted by Gasteiger charge is 2.22. The zero-order valence-electron chi connectivity index (χ0n) is 12.1. The van der Waals surface area contributed by atoms with E-state index in [9.17, 15) is 4.79 Å². The summed E-state index contributed by atoms with van der Waals surface area (Å²) in [4.78, 5) is 12.9. The number of amides is 1. The Morgan fingerprint density at radius 3 is 2.75 bits per heavy atom. The van der Waals surface area contributed by atoms with Crippen molar-refractivity contribution >= 4 is 5.91 Å². The van der Waals surface area contributed by atoms with Crippen molar-refractivity contribution in [2.75, 3.05) is 32.8 Å². The van der Waals surface area contributed by atoms with Crippen LogP contribution < -0.4 is 10.5 Å². The Labute approximate surface area is 119 Å². The van der Waals surface area contributed by atoms with Crippen molar-refractivity contribution in [3.63, 3.8) is 0 Å². The van der Waals surface area contributed by atoms with Gasteiger partial charge < -0.3 is 15.2 Å². The number of carbonyl (C=O) groups excluding carboxylic acids is 1. The SMILES string of the molecule is Cc1cc(C)cc(OC[C@H]2CN(CC(N)=O)CCO2)c1. The molecular formula is C15H22N2O3. The lowest BCUT2D eigenvalue weighted by Crippen LogP contribution is -2.47. The van der Waals surface area contributed by atoms with Crippen LogP contribution in [0.25, 0.3) is 0 Å². The summed E-state index contributed by atoms with van der Waals surface area (Å²) in [5.74, 6) is 0.555. The van der Waals surface area contributed by atoms with Gasteiger partial charge in [0.05, 0.1) is 13.2 Å². The van der Waals surface area contributed by atoms with Gasteiger partial charge in [0.2, 0.25) is 5.91 Å². The maximum Gasteiger partial charge on any atom is 0.231 e. The molecule has 2 rings (SSSR count). The topological polar surface area (TPSA) is 64.8 Å². The van der Waals surface area contributed by atoms with Crippen LogP contribution in [0.15, 0.2) is 18.2 Å². The monoisotopic (exact) mass is 278 g/mol. The van der Waals surface area contributed by atoms with Crippen LogP contribution in [0.2, 0.25) is 0 Å². The second-order valence-electron chi connectivity index (χ2n) is 5.33. The van der Waals surface area contributed by atoms with E-state index < -0.39 is 0 Å². The Kier molecular flexibility index (Phi) is 4.98. The molecule has 0 unspecified atom stereocenters. The van der Waals surface area contributed by atoms with Crippen molar-refractivity contribution < 1.29 is 14.3 Å². The van der Waals surface area contributed by atoms with Crippen molar-refractivity contribution in [3.8, 4) is 5.75 Å². The summed E-state index contributed by atoms with van der Waals surface area (Å²) >= 11 is 0. The normalized spacial score (nSPS) is 19.8. The lowest BCUT2D eigenvalue weighted by atomic mass is 10.1. The highest BCUT2D eigenvalue weighted by Crippen LogP contribution is 2.17. The average Bonchev–Trinajstić information content (AvgIpc) is 2.35. The van der Waals surface area contributed by atoms with Crippen molar-refractivity contribution in [1.29, 1.82) is 0 Å². The van der Waals surface area contributed by atoms with Crippen LogP contribution in [0.3, 0.4) is 0 Å². The number of benzene rings is 1. The third-order valence-electron chi connectivity index (χ3n) is 3.23. The van der Waals surface area contributed by atoms with E-state index in [0.29, 0.717) is 19.8 Å². The Hall–Kier alpha value is -1.59. The lowest BCUT2D eigenvalue weighted by molar-refractivity contribution is -0.121. The summed E-state index contributed by atoms with van der Waals surface area (Å²) < 4.78 is 11.4. The number of hydrogen-bond acceptors (Lipinski definition) is 4. The van der Waals surface area contributed by atoms with Crippen molar-refractivity contribution in [2.24, 2.45) is 5.73 Å². The molecular weight excluding hydrogens is 256 g/mol. The number of aryl methyl sites for hydroxylation is 2. The quantitative estimate of drug-likeness (QED) is 0.868. The number of carbonyl (C=O) groups is 1. The first-order valence-electron chi connectivity index (χ1n) is 6.86. The number of morpholine rings is 1. The third kappa shape index (κ3) is 4.51. The predicted octanol–water partition coefficient (Wildman–Crippen LogP) is 0.868. The molecule has 20 heavy (non-hydrogen) atoms. The van der Waals surface area contributed by atoms with E-state index in [-0.39, 0.29) is 18.6 Å². The first-order chi connectivity index (χ1) is 9.52. The van der Waals surface area contributed by atoms with E-state index >= 15 is 0 Å². The van der Waals surface area contributed by atoms with Gasteiger partial charge in [-0.05, 0) is 37.1 Å². The van der Waals surface area contributed by atoms with E-state index in [2.05, 4.69) is 6.07 Å². The number of nitrogens with zero attached hydrogens (tertiary/aromatic N) is 1. The molecule has 5 heteroatoms.